The Morgan fingerprint density at radius 2 is 1.86 bits per heavy atom. The summed E-state index contributed by atoms with van der Waals surface area (Å²) in [6.07, 6.45) is 3.36. The molecule has 4 aromatic rings. The lowest BCUT2D eigenvalue weighted by atomic mass is 10.3. The van der Waals surface area contributed by atoms with Gasteiger partial charge in [0.1, 0.15) is 11.2 Å². The van der Waals surface area contributed by atoms with Crippen LogP contribution in [0.25, 0.3) is 20.4 Å². The first-order chi connectivity index (χ1) is 10.3. The molecule has 0 spiro atoms. The Morgan fingerprint density at radius 3 is 2.71 bits per heavy atom. The van der Waals surface area contributed by atoms with Gasteiger partial charge in [0.15, 0.2) is 5.82 Å². The fourth-order valence-electron chi connectivity index (χ4n) is 2.17. The predicted molar refractivity (Wildman–Crippen MR) is 87.5 cm³/mol. The molecule has 21 heavy (non-hydrogen) atoms. The standard InChI is InChI=1S/C15H9ClN4S/c16-9-3-5-10(6-4-9)20-14-13-12(18-8-19-14)11-2-1-7-17-15(11)21-13/h1-8H,(H,18,19,20). The van der Waals surface area contributed by atoms with Crippen molar-refractivity contribution < 1.29 is 0 Å². The van der Waals surface area contributed by atoms with Gasteiger partial charge in [-0.1, -0.05) is 11.6 Å². The van der Waals surface area contributed by atoms with Crippen molar-refractivity contribution in [2.75, 3.05) is 5.32 Å². The van der Waals surface area contributed by atoms with E-state index in [2.05, 4.69) is 20.3 Å². The molecule has 0 aliphatic heterocycles. The largest absolute Gasteiger partial charge is 0.339 e. The molecule has 0 unspecified atom stereocenters. The number of anilines is 2. The van der Waals surface area contributed by atoms with Crippen LogP contribution in [0.2, 0.25) is 5.02 Å². The van der Waals surface area contributed by atoms with Crippen molar-refractivity contribution in [2.45, 2.75) is 0 Å². The molecule has 0 radical (unpaired) electrons. The van der Waals surface area contributed by atoms with E-state index in [1.165, 1.54) is 0 Å². The van der Waals surface area contributed by atoms with Gasteiger partial charge in [-0.2, -0.15) is 0 Å². The Bertz CT molecular complexity index is 933. The molecule has 1 N–H and O–H groups in total. The van der Waals surface area contributed by atoms with Crippen LogP contribution in [0.1, 0.15) is 0 Å². The number of pyridine rings is 1. The first-order valence-electron chi connectivity index (χ1n) is 6.32. The van der Waals surface area contributed by atoms with Crippen LogP contribution in [0.15, 0.2) is 48.9 Å². The number of hydrogen-bond acceptors (Lipinski definition) is 5. The molecule has 0 aliphatic rings. The highest BCUT2D eigenvalue weighted by Crippen LogP contribution is 2.35. The highest BCUT2D eigenvalue weighted by Gasteiger charge is 2.11. The molecule has 4 nitrogen and oxygen atoms in total. The summed E-state index contributed by atoms with van der Waals surface area (Å²) in [5, 5.41) is 5.07. The minimum Gasteiger partial charge on any atom is -0.339 e. The maximum atomic E-state index is 5.90. The van der Waals surface area contributed by atoms with Crippen molar-refractivity contribution in [1.82, 2.24) is 15.0 Å². The lowest BCUT2D eigenvalue weighted by molar-refractivity contribution is 1.23. The quantitative estimate of drug-likeness (QED) is 0.586. The topological polar surface area (TPSA) is 50.7 Å². The second-order valence-electron chi connectivity index (χ2n) is 4.49. The Hall–Kier alpha value is -2.24. The third-order valence-electron chi connectivity index (χ3n) is 3.14. The zero-order valence-corrected chi connectivity index (χ0v) is 12.3. The van der Waals surface area contributed by atoms with E-state index in [0.29, 0.717) is 5.02 Å². The summed E-state index contributed by atoms with van der Waals surface area (Å²) < 4.78 is 1.00. The fourth-order valence-corrected chi connectivity index (χ4v) is 3.34. The third-order valence-corrected chi connectivity index (χ3v) is 4.50. The van der Waals surface area contributed by atoms with Crippen molar-refractivity contribution in [3.8, 4) is 0 Å². The van der Waals surface area contributed by atoms with E-state index >= 15 is 0 Å². The number of aromatic nitrogens is 3. The van der Waals surface area contributed by atoms with Crippen LogP contribution in [0.4, 0.5) is 11.5 Å². The molecule has 0 saturated heterocycles. The van der Waals surface area contributed by atoms with Crippen LogP contribution >= 0.6 is 22.9 Å². The number of fused-ring (bicyclic) bond motifs is 3. The zero-order chi connectivity index (χ0) is 14.2. The van der Waals surface area contributed by atoms with E-state index in [1.54, 1.807) is 23.9 Å². The first kappa shape index (κ1) is 12.5. The Labute approximate surface area is 129 Å². The fraction of sp³-hybridized carbons (Fsp3) is 0. The summed E-state index contributed by atoms with van der Waals surface area (Å²) in [4.78, 5) is 14.1. The smallest absolute Gasteiger partial charge is 0.151 e. The van der Waals surface area contributed by atoms with Crippen LogP contribution in [0.5, 0.6) is 0 Å². The van der Waals surface area contributed by atoms with Crippen molar-refractivity contribution in [2.24, 2.45) is 0 Å². The number of nitrogens with one attached hydrogen (secondary N) is 1. The molecule has 0 bridgehead atoms. The van der Waals surface area contributed by atoms with Gasteiger partial charge in [0.05, 0.1) is 10.2 Å². The molecule has 3 aromatic heterocycles. The second kappa shape index (κ2) is 4.95. The monoisotopic (exact) mass is 312 g/mol. The van der Waals surface area contributed by atoms with Crippen LogP contribution < -0.4 is 5.32 Å². The van der Waals surface area contributed by atoms with Gasteiger partial charge in [-0.15, -0.1) is 11.3 Å². The maximum Gasteiger partial charge on any atom is 0.151 e. The maximum absolute atomic E-state index is 5.90. The lowest BCUT2D eigenvalue weighted by Crippen LogP contribution is -1.94. The van der Waals surface area contributed by atoms with Gasteiger partial charge in [0.2, 0.25) is 0 Å². The van der Waals surface area contributed by atoms with Crippen molar-refractivity contribution in [3.63, 3.8) is 0 Å². The van der Waals surface area contributed by atoms with Crippen molar-refractivity contribution in [3.05, 3.63) is 53.9 Å². The summed E-state index contributed by atoms with van der Waals surface area (Å²) in [5.41, 5.74) is 1.86. The van der Waals surface area contributed by atoms with Gasteiger partial charge in [0.25, 0.3) is 0 Å². The van der Waals surface area contributed by atoms with Gasteiger partial charge in [-0.3, -0.25) is 0 Å². The highest BCUT2D eigenvalue weighted by atomic mass is 35.5. The number of thiophene rings is 1. The molecular weight excluding hydrogens is 304 g/mol. The number of nitrogens with zero attached hydrogens (tertiary/aromatic N) is 3. The van der Waals surface area contributed by atoms with Crippen molar-refractivity contribution in [1.29, 1.82) is 0 Å². The molecule has 3 heterocycles. The van der Waals surface area contributed by atoms with E-state index in [1.807, 2.05) is 36.4 Å². The molecule has 0 aliphatic carbocycles. The van der Waals surface area contributed by atoms with Gasteiger partial charge in [-0.05, 0) is 36.4 Å². The summed E-state index contributed by atoms with van der Waals surface area (Å²) in [6.45, 7) is 0. The molecule has 0 fully saturated rings. The van der Waals surface area contributed by atoms with Gasteiger partial charge < -0.3 is 5.32 Å². The number of hydrogen-bond donors (Lipinski definition) is 1. The van der Waals surface area contributed by atoms with E-state index < -0.39 is 0 Å². The average molecular weight is 313 g/mol. The summed E-state index contributed by atoms with van der Waals surface area (Å²) in [5.74, 6) is 0.783. The normalized spacial score (nSPS) is 11.1. The molecular formula is C15H9ClN4S. The molecule has 1 aromatic carbocycles. The third kappa shape index (κ3) is 2.20. The summed E-state index contributed by atoms with van der Waals surface area (Å²) >= 11 is 7.49. The van der Waals surface area contributed by atoms with Gasteiger partial charge in [0, 0.05) is 22.3 Å². The number of halogens is 1. The highest BCUT2D eigenvalue weighted by molar-refractivity contribution is 7.25. The lowest BCUT2D eigenvalue weighted by Gasteiger charge is -2.05. The minimum absolute atomic E-state index is 0.708. The SMILES string of the molecule is Clc1ccc(Nc2ncnc3c2sc2ncccc23)cc1. The van der Waals surface area contributed by atoms with Crippen LogP contribution in [-0.4, -0.2) is 15.0 Å². The van der Waals surface area contributed by atoms with E-state index in [0.717, 1.165) is 31.9 Å². The minimum atomic E-state index is 0.708. The number of benzene rings is 1. The van der Waals surface area contributed by atoms with E-state index in [4.69, 9.17) is 11.6 Å². The summed E-state index contributed by atoms with van der Waals surface area (Å²) in [7, 11) is 0. The molecule has 102 valence electrons. The second-order valence-corrected chi connectivity index (χ2v) is 5.93. The molecule has 0 saturated carbocycles. The average Bonchev–Trinajstić information content (AvgIpc) is 2.89. The Morgan fingerprint density at radius 1 is 1.00 bits per heavy atom. The molecule has 4 rings (SSSR count). The molecule has 0 atom stereocenters. The van der Waals surface area contributed by atoms with Crippen molar-refractivity contribution >= 4 is 54.9 Å². The van der Waals surface area contributed by atoms with Gasteiger partial charge in [-0.25, -0.2) is 15.0 Å². The number of rotatable bonds is 2. The summed E-state index contributed by atoms with van der Waals surface area (Å²) in [6, 6.07) is 11.5. The Kier molecular flexibility index (Phi) is 2.94. The van der Waals surface area contributed by atoms with Crippen LogP contribution in [0.3, 0.4) is 0 Å². The predicted octanol–water partition coefficient (Wildman–Crippen LogP) is 4.64. The first-order valence-corrected chi connectivity index (χ1v) is 7.51. The van der Waals surface area contributed by atoms with E-state index in [-0.39, 0.29) is 0 Å². The van der Waals surface area contributed by atoms with Crippen LogP contribution in [0, 0.1) is 0 Å². The Balaban J connectivity index is 1.86. The molecule has 6 heteroatoms. The van der Waals surface area contributed by atoms with E-state index in [9.17, 15) is 0 Å². The molecule has 0 amide bonds. The zero-order valence-electron chi connectivity index (χ0n) is 10.7. The van der Waals surface area contributed by atoms with Gasteiger partial charge >= 0.3 is 0 Å². The van der Waals surface area contributed by atoms with Crippen LogP contribution in [-0.2, 0) is 0 Å².